The van der Waals surface area contributed by atoms with Crippen molar-refractivity contribution in [2.24, 2.45) is 0 Å². The summed E-state index contributed by atoms with van der Waals surface area (Å²) in [4.78, 5) is 23.7. The molecule has 2 N–H and O–H groups in total. The maximum absolute atomic E-state index is 12.1. The number of carbonyl (C=O) groups excluding carboxylic acids is 2. The van der Waals surface area contributed by atoms with Crippen molar-refractivity contribution in [2.75, 3.05) is 26.1 Å². The zero-order valence-electron chi connectivity index (χ0n) is 14.5. The van der Waals surface area contributed by atoms with Crippen molar-refractivity contribution in [3.8, 4) is 11.5 Å². The molecule has 1 aromatic carbocycles. The van der Waals surface area contributed by atoms with Crippen molar-refractivity contribution in [3.63, 3.8) is 0 Å². The number of hydrogen-bond donors (Lipinski definition) is 2. The lowest BCUT2D eigenvalue weighted by Crippen LogP contribution is -2.44. The van der Waals surface area contributed by atoms with Gasteiger partial charge in [0, 0.05) is 18.8 Å². The molecule has 0 aliphatic carbocycles. The fourth-order valence-corrected chi connectivity index (χ4v) is 2.70. The van der Waals surface area contributed by atoms with E-state index in [0.29, 0.717) is 17.9 Å². The number of likely N-dealkylation sites (N-methyl/N-ethyl adjacent to an activating group) is 1. The van der Waals surface area contributed by atoms with Crippen LogP contribution in [0.3, 0.4) is 0 Å². The Kier molecular flexibility index (Phi) is 5.54. The molecule has 2 unspecified atom stereocenters. The molecule has 0 saturated heterocycles. The molecule has 1 aliphatic heterocycles. The van der Waals surface area contributed by atoms with Gasteiger partial charge in [0.2, 0.25) is 6.10 Å². The molecule has 1 aromatic rings. The van der Waals surface area contributed by atoms with Gasteiger partial charge in [0.1, 0.15) is 12.1 Å². The van der Waals surface area contributed by atoms with Gasteiger partial charge in [-0.25, -0.2) is 4.79 Å². The van der Waals surface area contributed by atoms with Crippen LogP contribution in [0, 0.1) is 0 Å². The molecule has 24 heavy (non-hydrogen) atoms. The molecule has 1 aliphatic rings. The van der Waals surface area contributed by atoms with Crippen LogP contribution in [0.1, 0.15) is 26.7 Å². The van der Waals surface area contributed by atoms with E-state index >= 15 is 0 Å². The lowest BCUT2D eigenvalue weighted by Gasteiger charge is -2.30. The Labute approximate surface area is 141 Å². The third-order valence-electron chi connectivity index (χ3n) is 3.95. The number of anilines is 1. The Bertz CT molecular complexity index is 619. The fourth-order valence-electron chi connectivity index (χ4n) is 2.70. The predicted octanol–water partition coefficient (Wildman–Crippen LogP) is 1.72. The summed E-state index contributed by atoms with van der Waals surface area (Å²) in [5.41, 5.74) is -0.102. The van der Waals surface area contributed by atoms with E-state index in [-0.39, 0.29) is 18.5 Å². The number of esters is 1. The van der Waals surface area contributed by atoms with Gasteiger partial charge in [0.05, 0.1) is 7.11 Å². The molecule has 0 spiro atoms. The van der Waals surface area contributed by atoms with Crippen molar-refractivity contribution in [3.05, 3.63) is 18.2 Å². The molecule has 132 valence electrons. The van der Waals surface area contributed by atoms with Crippen LogP contribution in [0.2, 0.25) is 0 Å². The maximum Gasteiger partial charge on any atom is 0.331 e. The predicted molar refractivity (Wildman–Crippen MR) is 89.4 cm³/mol. The van der Waals surface area contributed by atoms with Gasteiger partial charge in [-0.15, -0.1) is 0 Å². The summed E-state index contributed by atoms with van der Waals surface area (Å²) in [5.74, 6) is 0.475. The van der Waals surface area contributed by atoms with Crippen molar-refractivity contribution in [1.29, 1.82) is 0 Å². The second-order valence-electron chi connectivity index (χ2n) is 5.89. The molecule has 7 nitrogen and oxygen atoms in total. The van der Waals surface area contributed by atoms with Crippen LogP contribution < -0.4 is 20.1 Å². The van der Waals surface area contributed by atoms with Crippen molar-refractivity contribution in [1.82, 2.24) is 5.32 Å². The molecule has 0 saturated carbocycles. The largest absolute Gasteiger partial charge is 0.485 e. The van der Waals surface area contributed by atoms with Gasteiger partial charge < -0.3 is 24.8 Å². The molecule has 7 heteroatoms. The highest BCUT2D eigenvalue weighted by Crippen LogP contribution is 2.35. The lowest BCUT2D eigenvalue weighted by molar-refractivity contribution is -0.145. The number of carbonyl (C=O) groups is 2. The highest BCUT2D eigenvalue weighted by Gasteiger charge is 2.34. The van der Waals surface area contributed by atoms with Crippen LogP contribution >= 0.6 is 0 Å². The topological polar surface area (TPSA) is 85.9 Å². The fraction of sp³-hybridized carbons (Fsp3) is 0.529. The first-order chi connectivity index (χ1) is 11.4. The zero-order valence-corrected chi connectivity index (χ0v) is 14.5. The summed E-state index contributed by atoms with van der Waals surface area (Å²) in [6, 6.07) is 5.26. The Morgan fingerprint density at radius 3 is 2.75 bits per heavy atom. The first kappa shape index (κ1) is 17.9. The summed E-state index contributed by atoms with van der Waals surface area (Å²) < 4.78 is 16.2. The van der Waals surface area contributed by atoms with E-state index in [0.717, 1.165) is 12.1 Å². The molecule has 1 heterocycles. The van der Waals surface area contributed by atoms with E-state index in [1.165, 1.54) is 7.11 Å². The van der Waals surface area contributed by atoms with Crippen molar-refractivity contribution in [2.45, 2.75) is 38.3 Å². The number of fused-ring (bicyclic) bond motifs is 1. The Hall–Kier alpha value is -2.44. The summed E-state index contributed by atoms with van der Waals surface area (Å²) in [6.07, 6.45) is 0.797. The third kappa shape index (κ3) is 3.72. The van der Waals surface area contributed by atoms with E-state index in [1.807, 2.05) is 6.92 Å². The number of ether oxygens (including phenoxy) is 3. The standard InChI is InChI=1S/C17H24N2O5/c1-5-8-17(2,16(21)22-4)19-11-6-7-12-13(9-11)23-10-14(24-12)15(20)18-3/h6-7,9,14,19H,5,8,10H2,1-4H3,(H,18,20). The number of methoxy groups -OCH3 is 1. The quantitative estimate of drug-likeness (QED) is 0.769. The van der Waals surface area contributed by atoms with Crippen LogP contribution in [0.25, 0.3) is 0 Å². The average Bonchev–Trinajstić information content (AvgIpc) is 2.59. The van der Waals surface area contributed by atoms with Crippen molar-refractivity contribution >= 4 is 17.6 Å². The van der Waals surface area contributed by atoms with Crippen LogP contribution in [-0.4, -0.2) is 44.3 Å². The van der Waals surface area contributed by atoms with E-state index in [4.69, 9.17) is 14.2 Å². The lowest BCUT2D eigenvalue weighted by atomic mass is 9.95. The van der Waals surface area contributed by atoms with Gasteiger partial charge >= 0.3 is 5.97 Å². The summed E-state index contributed by atoms with van der Waals surface area (Å²) in [7, 11) is 2.93. The summed E-state index contributed by atoms with van der Waals surface area (Å²) in [5, 5.41) is 5.75. The van der Waals surface area contributed by atoms with Gasteiger partial charge in [-0.05, 0) is 25.5 Å². The first-order valence-corrected chi connectivity index (χ1v) is 7.95. The number of rotatable bonds is 6. The van der Waals surface area contributed by atoms with E-state index < -0.39 is 11.6 Å². The van der Waals surface area contributed by atoms with Crippen molar-refractivity contribution < 1.29 is 23.8 Å². The molecule has 1 amide bonds. The summed E-state index contributed by atoms with van der Waals surface area (Å²) >= 11 is 0. The minimum atomic E-state index is -0.822. The molecule has 0 bridgehead atoms. The van der Waals surface area contributed by atoms with Crippen LogP contribution in [0.15, 0.2) is 18.2 Å². The van der Waals surface area contributed by atoms with Gasteiger partial charge in [0.25, 0.3) is 5.91 Å². The minimum Gasteiger partial charge on any atom is -0.485 e. The average molecular weight is 336 g/mol. The number of hydrogen-bond acceptors (Lipinski definition) is 6. The third-order valence-corrected chi connectivity index (χ3v) is 3.95. The smallest absolute Gasteiger partial charge is 0.331 e. The molecule has 0 radical (unpaired) electrons. The Morgan fingerprint density at radius 1 is 1.38 bits per heavy atom. The van der Waals surface area contributed by atoms with Crippen LogP contribution in [-0.2, 0) is 14.3 Å². The van der Waals surface area contributed by atoms with E-state index in [9.17, 15) is 9.59 Å². The highest BCUT2D eigenvalue weighted by molar-refractivity contribution is 5.84. The van der Waals surface area contributed by atoms with Gasteiger partial charge in [-0.2, -0.15) is 0 Å². The highest BCUT2D eigenvalue weighted by atomic mass is 16.6. The molecular formula is C17H24N2O5. The minimum absolute atomic E-state index is 0.138. The zero-order chi connectivity index (χ0) is 17.7. The SMILES string of the molecule is CCCC(C)(Nc1ccc2c(c1)OCC(C(=O)NC)O2)C(=O)OC. The molecular weight excluding hydrogens is 312 g/mol. The Morgan fingerprint density at radius 2 is 2.12 bits per heavy atom. The maximum atomic E-state index is 12.1. The second kappa shape index (κ2) is 7.42. The Balaban J connectivity index is 2.17. The number of amides is 1. The van der Waals surface area contributed by atoms with Gasteiger partial charge in [0.15, 0.2) is 11.5 Å². The molecule has 2 atom stereocenters. The van der Waals surface area contributed by atoms with E-state index in [2.05, 4.69) is 10.6 Å². The van der Waals surface area contributed by atoms with Gasteiger partial charge in [-0.1, -0.05) is 13.3 Å². The number of benzene rings is 1. The van der Waals surface area contributed by atoms with Crippen LogP contribution in [0.5, 0.6) is 11.5 Å². The van der Waals surface area contributed by atoms with Gasteiger partial charge in [-0.3, -0.25) is 4.79 Å². The first-order valence-electron chi connectivity index (χ1n) is 7.95. The van der Waals surface area contributed by atoms with E-state index in [1.54, 1.807) is 32.2 Å². The van der Waals surface area contributed by atoms with Crippen LogP contribution in [0.4, 0.5) is 5.69 Å². The molecule has 2 rings (SSSR count). The monoisotopic (exact) mass is 336 g/mol. The molecule has 0 aromatic heterocycles. The molecule has 0 fully saturated rings. The second-order valence-corrected chi connectivity index (χ2v) is 5.89. The number of nitrogens with one attached hydrogen (secondary N) is 2. The normalized spacial score (nSPS) is 18.2. The summed E-state index contributed by atoms with van der Waals surface area (Å²) in [6.45, 7) is 3.95.